The Morgan fingerprint density at radius 3 is 1.98 bits per heavy atom. The van der Waals surface area contributed by atoms with Crippen LogP contribution in [0.3, 0.4) is 0 Å². The van der Waals surface area contributed by atoms with Gasteiger partial charge < -0.3 is 28.8 Å². The molecule has 0 spiro atoms. The van der Waals surface area contributed by atoms with Gasteiger partial charge in [0.2, 0.25) is 0 Å². The van der Waals surface area contributed by atoms with E-state index in [1.165, 1.54) is 33.8 Å². The minimum Gasteiger partial charge on any atom is -0.462 e. The lowest BCUT2D eigenvalue weighted by Gasteiger charge is -2.53. The highest BCUT2D eigenvalue weighted by atomic mass is 16.6. The van der Waals surface area contributed by atoms with Crippen LogP contribution in [0.1, 0.15) is 80.2 Å². The van der Waals surface area contributed by atoms with Gasteiger partial charge in [0.05, 0.1) is 11.0 Å². The van der Waals surface area contributed by atoms with Crippen molar-refractivity contribution in [1.29, 1.82) is 0 Å². The van der Waals surface area contributed by atoms with Gasteiger partial charge in [0.15, 0.2) is 12.2 Å². The molecule has 0 amide bonds. The van der Waals surface area contributed by atoms with Crippen LogP contribution in [-0.4, -0.2) is 71.1 Å². The van der Waals surface area contributed by atoms with Gasteiger partial charge in [-0.25, -0.2) is 4.79 Å². The number of hydrogen-bond acceptors (Lipinski definition) is 11. The zero-order valence-electron chi connectivity index (χ0n) is 28.9. The Kier molecular flexibility index (Phi) is 10.4. The molecular weight excluding hydrogens is 620 g/mol. The molecule has 1 aromatic rings. The van der Waals surface area contributed by atoms with Crippen molar-refractivity contribution >= 4 is 35.9 Å². The summed E-state index contributed by atoms with van der Waals surface area (Å²) in [6.07, 6.45) is -2.17. The number of carbonyl (C=O) groups excluding carboxylic acids is 5. The molecule has 3 aliphatic rings. The van der Waals surface area contributed by atoms with Crippen molar-refractivity contribution in [2.24, 2.45) is 16.7 Å². The fraction of sp³-hybridized carbons (Fsp3) is 0.541. The number of aliphatic hydroxyl groups is 1. The molecule has 8 atom stereocenters. The molecule has 0 aromatic heterocycles. The van der Waals surface area contributed by atoms with Crippen molar-refractivity contribution in [2.75, 3.05) is 0 Å². The zero-order valence-corrected chi connectivity index (χ0v) is 28.9. The standard InChI is InChI=1S/C37H46O11/c1-20-27-18-37(35(7,8)43)19-29(44-22(3)38)21(2)32(37)33(46-24(5)40)34(47-25(6)41)36(27,9)30(45-23(4)39)17-28(20)48-31(42)16-15-26-13-11-10-12-14-26/h10-16,27-30,33-34,43H,1,17-19H2,2-9H3/t27-,28-,29+,30+,33-,34+,36-,37+/m1/s1. The topological polar surface area (TPSA) is 152 Å². The molecule has 0 saturated heterocycles. The summed E-state index contributed by atoms with van der Waals surface area (Å²) in [5.74, 6) is -3.94. The van der Waals surface area contributed by atoms with Crippen LogP contribution in [0.5, 0.6) is 0 Å². The first kappa shape index (κ1) is 36.6. The van der Waals surface area contributed by atoms with Crippen LogP contribution >= 0.6 is 0 Å². The van der Waals surface area contributed by atoms with Gasteiger partial charge in [-0.2, -0.15) is 0 Å². The molecule has 0 heterocycles. The molecule has 11 nitrogen and oxygen atoms in total. The molecule has 4 rings (SSSR count). The van der Waals surface area contributed by atoms with E-state index in [0.717, 1.165) is 5.56 Å². The predicted octanol–water partition coefficient (Wildman–Crippen LogP) is 4.80. The number of esters is 5. The quantitative estimate of drug-likeness (QED) is 0.176. The first-order chi connectivity index (χ1) is 22.3. The lowest BCUT2D eigenvalue weighted by Crippen LogP contribution is -2.60. The Morgan fingerprint density at radius 1 is 0.854 bits per heavy atom. The maximum absolute atomic E-state index is 13.2. The van der Waals surface area contributed by atoms with E-state index in [-0.39, 0.29) is 19.3 Å². The maximum atomic E-state index is 13.2. The van der Waals surface area contributed by atoms with Crippen LogP contribution in [0.2, 0.25) is 0 Å². The second kappa shape index (κ2) is 13.7. The van der Waals surface area contributed by atoms with Gasteiger partial charge in [-0.1, -0.05) is 43.8 Å². The summed E-state index contributed by atoms with van der Waals surface area (Å²) in [5, 5.41) is 12.0. The third kappa shape index (κ3) is 6.97. The van der Waals surface area contributed by atoms with E-state index in [0.29, 0.717) is 16.7 Å². The smallest absolute Gasteiger partial charge is 0.331 e. The molecule has 0 unspecified atom stereocenters. The molecule has 48 heavy (non-hydrogen) atoms. The Morgan fingerprint density at radius 2 is 1.44 bits per heavy atom. The van der Waals surface area contributed by atoms with Gasteiger partial charge >= 0.3 is 29.8 Å². The maximum Gasteiger partial charge on any atom is 0.331 e. The van der Waals surface area contributed by atoms with Crippen molar-refractivity contribution in [3.8, 4) is 0 Å². The Balaban J connectivity index is 1.94. The van der Waals surface area contributed by atoms with Crippen molar-refractivity contribution in [2.45, 2.75) is 111 Å². The summed E-state index contributed by atoms with van der Waals surface area (Å²) in [5.41, 5.74) is -1.84. The predicted molar refractivity (Wildman–Crippen MR) is 174 cm³/mol. The third-order valence-corrected chi connectivity index (χ3v) is 10.3. The summed E-state index contributed by atoms with van der Waals surface area (Å²) >= 11 is 0. The monoisotopic (exact) mass is 666 g/mol. The molecule has 2 saturated carbocycles. The normalized spacial score (nSPS) is 31.6. The van der Waals surface area contributed by atoms with Crippen molar-refractivity contribution in [3.63, 3.8) is 0 Å². The Bertz CT molecular complexity index is 1530. The van der Waals surface area contributed by atoms with E-state index in [9.17, 15) is 29.1 Å². The van der Waals surface area contributed by atoms with Crippen LogP contribution in [0.25, 0.3) is 6.08 Å². The molecule has 1 N–H and O–H groups in total. The fourth-order valence-corrected chi connectivity index (χ4v) is 8.06. The van der Waals surface area contributed by atoms with Gasteiger partial charge in [-0.05, 0) is 61.5 Å². The van der Waals surface area contributed by atoms with Crippen LogP contribution in [0, 0.1) is 16.7 Å². The molecule has 0 radical (unpaired) electrons. The highest BCUT2D eigenvalue weighted by Crippen LogP contribution is 2.65. The van der Waals surface area contributed by atoms with Crippen LogP contribution in [0.4, 0.5) is 0 Å². The number of ether oxygens (including phenoxy) is 5. The van der Waals surface area contributed by atoms with Gasteiger partial charge in [0, 0.05) is 52.0 Å². The summed E-state index contributed by atoms with van der Waals surface area (Å²) < 4.78 is 29.7. The van der Waals surface area contributed by atoms with Crippen LogP contribution in [0.15, 0.2) is 59.7 Å². The molecule has 3 aliphatic carbocycles. The lowest BCUT2D eigenvalue weighted by molar-refractivity contribution is -0.202. The van der Waals surface area contributed by atoms with Crippen molar-refractivity contribution in [1.82, 2.24) is 0 Å². The Labute approximate surface area is 281 Å². The van der Waals surface area contributed by atoms with Gasteiger partial charge in [0.25, 0.3) is 0 Å². The highest BCUT2D eigenvalue weighted by molar-refractivity contribution is 5.87. The minimum absolute atomic E-state index is 0.0233. The largest absolute Gasteiger partial charge is 0.462 e. The number of fused-ring (bicyclic) bond motifs is 2. The summed E-state index contributed by atoms with van der Waals surface area (Å²) in [6, 6.07) is 9.20. The lowest BCUT2D eigenvalue weighted by atomic mass is 9.56. The summed E-state index contributed by atoms with van der Waals surface area (Å²) in [4.78, 5) is 63.7. The minimum atomic E-state index is -1.53. The van der Waals surface area contributed by atoms with E-state index in [1.54, 1.807) is 33.8 Å². The SMILES string of the molecule is C=C1[C@H]2C[C@]3(C(C)(C)O)C[C@H](OC(C)=O)C(C)=C3[C@@H](OC(C)=O)[C@H](OC(C)=O)[C@@]2(C)[C@@H](OC(C)=O)C[C@H]1OC(=O)C=Cc1ccccc1. The zero-order chi connectivity index (χ0) is 35.8. The Hall–Kier alpha value is -4.25. The second-order valence-electron chi connectivity index (χ2n) is 13.8. The van der Waals surface area contributed by atoms with Gasteiger partial charge in [-0.15, -0.1) is 0 Å². The second-order valence-corrected chi connectivity index (χ2v) is 13.8. The first-order valence-corrected chi connectivity index (χ1v) is 16.1. The van der Waals surface area contributed by atoms with Gasteiger partial charge in [0.1, 0.15) is 18.3 Å². The van der Waals surface area contributed by atoms with Crippen LogP contribution in [-0.2, 0) is 47.7 Å². The average molecular weight is 667 g/mol. The van der Waals surface area contributed by atoms with E-state index in [2.05, 4.69) is 6.58 Å². The molecule has 260 valence electrons. The first-order valence-electron chi connectivity index (χ1n) is 16.1. The van der Waals surface area contributed by atoms with Crippen molar-refractivity contribution < 1.29 is 52.8 Å². The number of benzene rings is 1. The molecule has 0 bridgehead atoms. The average Bonchev–Trinajstić information content (AvgIpc) is 3.20. The number of carbonyl (C=O) groups is 5. The van der Waals surface area contributed by atoms with E-state index in [4.69, 9.17) is 23.7 Å². The van der Waals surface area contributed by atoms with E-state index in [1.807, 2.05) is 30.3 Å². The molecular formula is C37H46O11. The summed E-state index contributed by atoms with van der Waals surface area (Å²) in [7, 11) is 0. The van der Waals surface area contributed by atoms with E-state index < -0.39 is 82.7 Å². The van der Waals surface area contributed by atoms with Crippen molar-refractivity contribution in [3.05, 3.63) is 65.3 Å². The molecule has 2 fully saturated rings. The third-order valence-electron chi connectivity index (χ3n) is 10.3. The fourth-order valence-electron chi connectivity index (χ4n) is 8.06. The highest BCUT2D eigenvalue weighted by Gasteiger charge is 2.69. The number of hydrogen-bond donors (Lipinski definition) is 1. The number of rotatable bonds is 8. The van der Waals surface area contributed by atoms with Crippen LogP contribution < -0.4 is 0 Å². The summed E-state index contributed by atoms with van der Waals surface area (Å²) in [6.45, 7) is 16.1. The molecule has 11 heteroatoms. The molecule has 1 aromatic carbocycles. The molecule has 0 aliphatic heterocycles. The van der Waals surface area contributed by atoms with E-state index >= 15 is 0 Å². The van der Waals surface area contributed by atoms with Gasteiger partial charge in [-0.3, -0.25) is 19.2 Å².